The number of anilines is 2. The highest BCUT2D eigenvalue weighted by Crippen LogP contribution is 2.19. The van der Waals surface area contributed by atoms with Crippen LogP contribution >= 0.6 is 12.2 Å². The average Bonchev–Trinajstić information content (AvgIpc) is 2.43. The predicted octanol–water partition coefficient (Wildman–Crippen LogP) is 5.07. The van der Waals surface area contributed by atoms with Crippen molar-refractivity contribution >= 4 is 28.7 Å². The van der Waals surface area contributed by atoms with Crippen LogP contribution in [0.25, 0.3) is 0 Å². The minimum Gasteiger partial charge on any atom is -0.332 e. The van der Waals surface area contributed by atoms with Crippen LogP contribution in [-0.4, -0.2) is 5.11 Å². The maximum absolute atomic E-state index is 13.2. The lowest BCUT2D eigenvalue weighted by Gasteiger charge is -2.13. The highest BCUT2D eigenvalue weighted by atomic mass is 32.1. The van der Waals surface area contributed by atoms with E-state index in [1.165, 1.54) is 17.7 Å². The van der Waals surface area contributed by atoms with Gasteiger partial charge >= 0.3 is 0 Å². The number of rotatable bonds is 3. The summed E-state index contributed by atoms with van der Waals surface area (Å²) in [5, 5.41) is 6.56. The third-order valence-electron chi connectivity index (χ3n) is 3.28. The molecule has 0 spiro atoms. The van der Waals surface area contributed by atoms with Crippen LogP contribution in [0.3, 0.4) is 0 Å². The first kappa shape index (κ1) is 15.4. The predicted molar refractivity (Wildman–Crippen MR) is 91.5 cm³/mol. The van der Waals surface area contributed by atoms with Crippen LogP contribution in [0.4, 0.5) is 15.8 Å². The van der Waals surface area contributed by atoms with Gasteiger partial charge in [-0.05, 0) is 60.5 Å². The molecule has 0 aliphatic carbocycles. The molecule has 2 rings (SSSR count). The van der Waals surface area contributed by atoms with Crippen molar-refractivity contribution in [3.05, 3.63) is 59.4 Å². The van der Waals surface area contributed by atoms with E-state index < -0.39 is 0 Å². The highest BCUT2D eigenvalue weighted by molar-refractivity contribution is 7.80. The maximum Gasteiger partial charge on any atom is 0.175 e. The Labute approximate surface area is 130 Å². The van der Waals surface area contributed by atoms with Gasteiger partial charge in [-0.3, -0.25) is 0 Å². The molecule has 21 heavy (non-hydrogen) atoms. The molecule has 0 amide bonds. The van der Waals surface area contributed by atoms with E-state index >= 15 is 0 Å². The summed E-state index contributed by atoms with van der Waals surface area (Å²) in [4.78, 5) is 0. The Kier molecular flexibility index (Phi) is 4.91. The molecule has 0 aliphatic heterocycles. The van der Waals surface area contributed by atoms with Gasteiger partial charge in [-0.15, -0.1) is 0 Å². The number of thiocarbonyl (C=S) groups is 1. The second-order valence-corrected chi connectivity index (χ2v) is 5.72. The molecular formula is C17H19FN2S. The van der Waals surface area contributed by atoms with Crippen molar-refractivity contribution in [3.63, 3.8) is 0 Å². The molecule has 0 saturated heterocycles. The highest BCUT2D eigenvalue weighted by Gasteiger charge is 2.04. The molecule has 2 N–H and O–H groups in total. The lowest BCUT2D eigenvalue weighted by molar-refractivity contribution is 0.628. The maximum atomic E-state index is 13.2. The molecule has 2 aromatic rings. The molecule has 0 saturated carbocycles. The van der Waals surface area contributed by atoms with Crippen LogP contribution in [0.15, 0.2) is 42.5 Å². The lowest BCUT2D eigenvalue weighted by atomic mass is 10.0. The van der Waals surface area contributed by atoms with E-state index in [-0.39, 0.29) is 5.82 Å². The number of hydrogen-bond acceptors (Lipinski definition) is 1. The first-order valence-corrected chi connectivity index (χ1v) is 7.30. The zero-order valence-corrected chi connectivity index (χ0v) is 13.2. The van der Waals surface area contributed by atoms with E-state index in [1.807, 2.05) is 19.1 Å². The summed E-state index contributed by atoms with van der Waals surface area (Å²) in [5.41, 5.74) is 3.80. The smallest absolute Gasteiger partial charge is 0.175 e. The fourth-order valence-electron chi connectivity index (χ4n) is 1.96. The summed E-state index contributed by atoms with van der Waals surface area (Å²) in [6, 6.07) is 12.7. The molecule has 0 aliphatic rings. The van der Waals surface area contributed by atoms with Gasteiger partial charge in [0.1, 0.15) is 5.82 Å². The van der Waals surface area contributed by atoms with E-state index in [4.69, 9.17) is 12.2 Å². The second kappa shape index (κ2) is 6.68. The van der Waals surface area contributed by atoms with Crippen molar-refractivity contribution in [1.82, 2.24) is 0 Å². The number of halogens is 1. The molecule has 110 valence electrons. The first-order valence-electron chi connectivity index (χ1n) is 6.90. The molecule has 0 radical (unpaired) electrons. The zero-order chi connectivity index (χ0) is 15.4. The largest absolute Gasteiger partial charge is 0.332 e. The van der Waals surface area contributed by atoms with Crippen LogP contribution in [0.2, 0.25) is 0 Å². The standard InChI is InChI=1S/C17H19FN2S/c1-11(2)13-5-8-15(9-6-13)19-17(21)20-16-10-14(18)7-4-12(16)3/h4-11H,1-3H3,(H2,19,20,21). The molecule has 2 aromatic carbocycles. The van der Waals surface area contributed by atoms with Crippen LogP contribution in [-0.2, 0) is 0 Å². The van der Waals surface area contributed by atoms with Gasteiger partial charge in [0, 0.05) is 11.4 Å². The van der Waals surface area contributed by atoms with Gasteiger partial charge in [-0.25, -0.2) is 4.39 Å². The van der Waals surface area contributed by atoms with E-state index in [0.29, 0.717) is 16.7 Å². The topological polar surface area (TPSA) is 24.1 Å². The van der Waals surface area contributed by atoms with Crippen LogP contribution in [0.1, 0.15) is 30.9 Å². The van der Waals surface area contributed by atoms with Gasteiger partial charge in [-0.2, -0.15) is 0 Å². The SMILES string of the molecule is Cc1ccc(F)cc1NC(=S)Nc1ccc(C(C)C)cc1. The Morgan fingerprint density at radius 2 is 1.71 bits per heavy atom. The Morgan fingerprint density at radius 1 is 1.05 bits per heavy atom. The summed E-state index contributed by atoms with van der Waals surface area (Å²) in [7, 11) is 0. The zero-order valence-electron chi connectivity index (χ0n) is 12.4. The molecule has 0 fully saturated rings. The van der Waals surface area contributed by atoms with Gasteiger partial charge in [0.25, 0.3) is 0 Å². The Morgan fingerprint density at radius 3 is 2.33 bits per heavy atom. The first-order chi connectivity index (χ1) is 9.95. The van der Waals surface area contributed by atoms with Crippen LogP contribution in [0, 0.1) is 12.7 Å². The minimum absolute atomic E-state index is 0.285. The van der Waals surface area contributed by atoms with Crippen molar-refractivity contribution in [3.8, 4) is 0 Å². The molecule has 0 unspecified atom stereocenters. The Balaban J connectivity index is 2.03. The number of nitrogens with one attached hydrogen (secondary N) is 2. The Bertz CT molecular complexity index is 636. The molecule has 0 heterocycles. The summed E-state index contributed by atoms with van der Waals surface area (Å²) >= 11 is 5.26. The van der Waals surface area contributed by atoms with E-state index in [1.54, 1.807) is 6.07 Å². The van der Waals surface area contributed by atoms with E-state index in [0.717, 1.165) is 11.3 Å². The number of hydrogen-bond donors (Lipinski definition) is 2. The van der Waals surface area contributed by atoms with Gasteiger partial charge in [0.15, 0.2) is 5.11 Å². The summed E-state index contributed by atoms with van der Waals surface area (Å²) in [6.45, 7) is 6.21. The molecule has 0 aromatic heterocycles. The molecule has 4 heteroatoms. The van der Waals surface area contributed by atoms with E-state index in [9.17, 15) is 4.39 Å². The lowest BCUT2D eigenvalue weighted by Crippen LogP contribution is -2.19. The van der Waals surface area contributed by atoms with Crippen molar-refractivity contribution < 1.29 is 4.39 Å². The third-order valence-corrected chi connectivity index (χ3v) is 3.49. The molecular weight excluding hydrogens is 283 g/mol. The molecule has 2 nitrogen and oxygen atoms in total. The van der Waals surface area contributed by atoms with Crippen molar-refractivity contribution in [2.75, 3.05) is 10.6 Å². The third kappa shape index (κ3) is 4.26. The summed E-state index contributed by atoms with van der Waals surface area (Å²) in [5.74, 6) is 0.214. The van der Waals surface area contributed by atoms with Gasteiger partial charge in [0.05, 0.1) is 0 Å². The van der Waals surface area contributed by atoms with Crippen molar-refractivity contribution in [2.24, 2.45) is 0 Å². The van der Waals surface area contributed by atoms with Gasteiger partial charge in [0.2, 0.25) is 0 Å². The fourth-order valence-corrected chi connectivity index (χ4v) is 2.19. The van der Waals surface area contributed by atoms with Gasteiger partial charge in [-0.1, -0.05) is 32.0 Å². The average molecular weight is 302 g/mol. The van der Waals surface area contributed by atoms with Crippen molar-refractivity contribution in [1.29, 1.82) is 0 Å². The number of benzene rings is 2. The van der Waals surface area contributed by atoms with E-state index in [2.05, 4.69) is 36.6 Å². The Hall–Kier alpha value is -1.94. The quantitative estimate of drug-likeness (QED) is 0.774. The fraction of sp³-hybridized carbons (Fsp3) is 0.235. The molecule has 0 atom stereocenters. The number of aryl methyl sites for hydroxylation is 1. The second-order valence-electron chi connectivity index (χ2n) is 5.32. The monoisotopic (exact) mass is 302 g/mol. The van der Waals surface area contributed by atoms with Gasteiger partial charge < -0.3 is 10.6 Å². The normalized spacial score (nSPS) is 10.5. The van der Waals surface area contributed by atoms with Crippen molar-refractivity contribution in [2.45, 2.75) is 26.7 Å². The van der Waals surface area contributed by atoms with Crippen LogP contribution in [0.5, 0.6) is 0 Å². The molecule has 0 bridgehead atoms. The summed E-state index contributed by atoms with van der Waals surface area (Å²) in [6.07, 6.45) is 0. The van der Waals surface area contributed by atoms with Crippen LogP contribution < -0.4 is 10.6 Å². The summed E-state index contributed by atoms with van der Waals surface area (Å²) < 4.78 is 13.2. The minimum atomic E-state index is -0.285.